The summed E-state index contributed by atoms with van der Waals surface area (Å²) in [6, 6.07) is 4.27. The van der Waals surface area contributed by atoms with Crippen molar-refractivity contribution in [2.24, 2.45) is 0 Å². The highest BCUT2D eigenvalue weighted by Crippen LogP contribution is 2.34. The summed E-state index contributed by atoms with van der Waals surface area (Å²) in [5, 5.41) is 0. The number of amides is 1. The molecule has 27 heavy (non-hydrogen) atoms. The largest absolute Gasteiger partial charge is 0.495 e. The molecule has 0 aromatic heterocycles. The second kappa shape index (κ2) is 9.17. The first kappa shape index (κ1) is 19.6. The van der Waals surface area contributed by atoms with E-state index < -0.39 is 0 Å². The number of piperidine rings is 1. The van der Waals surface area contributed by atoms with Crippen molar-refractivity contribution < 1.29 is 19.0 Å². The number of rotatable bonds is 6. The first-order chi connectivity index (χ1) is 13.1. The second-order valence-electron chi connectivity index (χ2n) is 7.20. The molecule has 7 heteroatoms. The topological polar surface area (TPSA) is 77.3 Å². The Hall–Kier alpha value is -2.15. The molecule has 1 aromatic rings. The molecule has 0 spiro atoms. The van der Waals surface area contributed by atoms with Crippen molar-refractivity contribution in [3.63, 3.8) is 0 Å². The smallest absolute Gasteiger partial charge is 0.410 e. The first-order valence-electron chi connectivity index (χ1n) is 9.77. The maximum atomic E-state index is 12.2. The number of carbonyl (C=O) groups excluding carboxylic acids is 1. The van der Waals surface area contributed by atoms with Gasteiger partial charge < -0.3 is 29.7 Å². The summed E-state index contributed by atoms with van der Waals surface area (Å²) in [7, 11) is 3.35. The van der Waals surface area contributed by atoms with Crippen molar-refractivity contribution in [1.82, 2.24) is 4.90 Å². The standard InChI is InChI=1S/C20H31N3O4/c1-25-12-7-15-13-17(21)19(26-2)14-18(15)22-9-5-16(6-10-22)23-8-3-4-11-27-20(23)24/h13-14,16H,3-12,21H2,1-2H3. The number of benzene rings is 1. The zero-order chi connectivity index (χ0) is 19.2. The maximum absolute atomic E-state index is 12.2. The van der Waals surface area contributed by atoms with Crippen LogP contribution in [0.4, 0.5) is 16.2 Å². The summed E-state index contributed by atoms with van der Waals surface area (Å²) in [6.07, 6.45) is 4.49. The van der Waals surface area contributed by atoms with E-state index in [4.69, 9.17) is 19.9 Å². The average molecular weight is 377 g/mol. The Morgan fingerprint density at radius 1 is 1.19 bits per heavy atom. The Labute approximate surface area is 161 Å². The average Bonchev–Trinajstić information content (AvgIpc) is 2.91. The quantitative estimate of drug-likeness (QED) is 0.768. The van der Waals surface area contributed by atoms with Crippen LogP contribution in [0.5, 0.6) is 5.75 Å². The van der Waals surface area contributed by atoms with Crippen molar-refractivity contribution in [2.45, 2.75) is 38.1 Å². The summed E-state index contributed by atoms with van der Waals surface area (Å²) in [4.78, 5) is 16.5. The zero-order valence-corrected chi connectivity index (χ0v) is 16.4. The van der Waals surface area contributed by atoms with Gasteiger partial charge in [-0.25, -0.2) is 4.79 Å². The predicted molar refractivity (Wildman–Crippen MR) is 106 cm³/mol. The van der Waals surface area contributed by atoms with Gasteiger partial charge in [0.25, 0.3) is 0 Å². The number of nitrogen functional groups attached to an aromatic ring is 1. The molecular formula is C20H31N3O4. The predicted octanol–water partition coefficient (Wildman–Crippen LogP) is 2.67. The molecule has 2 fully saturated rings. The van der Waals surface area contributed by atoms with Crippen molar-refractivity contribution >= 4 is 17.5 Å². The lowest BCUT2D eigenvalue weighted by Gasteiger charge is -2.39. The third-order valence-electron chi connectivity index (χ3n) is 5.51. The van der Waals surface area contributed by atoms with Crippen LogP contribution in [0.3, 0.4) is 0 Å². The molecule has 1 amide bonds. The van der Waals surface area contributed by atoms with Gasteiger partial charge in [-0.1, -0.05) is 0 Å². The van der Waals surface area contributed by atoms with Gasteiger partial charge in [0, 0.05) is 44.5 Å². The highest BCUT2D eigenvalue weighted by molar-refractivity contribution is 5.69. The van der Waals surface area contributed by atoms with E-state index in [1.807, 2.05) is 17.0 Å². The van der Waals surface area contributed by atoms with Crippen molar-refractivity contribution in [1.29, 1.82) is 0 Å². The third kappa shape index (κ3) is 4.58. The Bertz CT molecular complexity index is 644. The van der Waals surface area contributed by atoms with E-state index in [-0.39, 0.29) is 12.1 Å². The van der Waals surface area contributed by atoms with Gasteiger partial charge in [0.2, 0.25) is 0 Å². The van der Waals surface area contributed by atoms with Gasteiger partial charge in [-0.05, 0) is 43.7 Å². The number of ether oxygens (including phenoxy) is 3. The van der Waals surface area contributed by atoms with Gasteiger partial charge >= 0.3 is 6.09 Å². The summed E-state index contributed by atoms with van der Waals surface area (Å²) >= 11 is 0. The minimum atomic E-state index is -0.152. The minimum Gasteiger partial charge on any atom is -0.495 e. The molecule has 150 valence electrons. The summed E-state index contributed by atoms with van der Waals surface area (Å²) in [6.45, 7) is 3.78. The van der Waals surface area contributed by atoms with Crippen LogP contribution in [0.2, 0.25) is 0 Å². The molecule has 0 saturated carbocycles. The van der Waals surface area contributed by atoms with Crippen molar-refractivity contribution in [2.75, 3.05) is 57.7 Å². The monoisotopic (exact) mass is 377 g/mol. The van der Waals surface area contributed by atoms with Crippen LogP contribution in [0.1, 0.15) is 31.2 Å². The molecule has 3 rings (SSSR count). The molecule has 7 nitrogen and oxygen atoms in total. The van der Waals surface area contributed by atoms with E-state index >= 15 is 0 Å². The zero-order valence-electron chi connectivity index (χ0n) is 16.4. The van der Waals surface area contributed by atoms with Crippen LogP contribution in [-0.4, -0.2) is 64.1 Å². The van der Waals surface area contributed by atoms with Crippen LogP contribution >= 0.6 is 0 Å². The van der Waals surface area contributed by atoms with E-state index in [1.54, 1.807) is 14.2 Å². The number of hydrogen-bond acceptors (Lipinski definition) is 6. The summed E-state index contributed by atoms with van der Waals surface area (Å²) in [5.74, 6) is 0.699. The van der Waals surface area contributed by atoms with Crippen LogP contribution in [-0.2, 0) is 15.9 Å². The van der Waals surface area contributed by atoms with Crippen LogP contribution in [0, 0.1) is 0 Å². The number of anilines is 2. The molecule has 2 heterocycles. The van der Waals surface area contributed by atoms with Gasteiger partial charge in [-0.15, -0.1) is 0 Å². The molecule has 0 bridgehead atoms. The lowest BCUT2D eigenvalue weighted by Crippen LogP contribution is -2.47. The highest BCUT2D eigenvalue weighted by atomic mass is 16.6. The lowest BCUT2D eigenvalue weighted by atomic mass is 10.00. The fourth-order valence-corrected chi connectivity index (χ4v) is 3.98. The second-order valence-corrected chi connectivity index (χ2v) is 7.20. The van der Waals surface area contributed by atoms with Gasteiger partial charge in [0.1, 0.15) is 5.75 Å². The number of methoxy groups -OCH3 is 2. The Balaban J connectivity index is 1.72. The molecule has 0 radical (unpaired) electrons. The van der Waals surface area contributed by atoms with Gasteiger partial charge in [-0.3, -0.25) is 0 Å². The highest BCUT2D eigenvalue weighted by Gasteiger charge is 2.30. The van der Waals surface area contributed by atoms with Gasteiger partial charge in [0.15, 0.2) is 0 Å². The van der Waals surface area contributed by atoms with Crippen LogP contribution in [0.25, 0.3) is 0 Å². The van der Waals surface area contributed by atoms with E-state index in [9.17, 15) is 4.79 Å². The number of hydrogen-bond donors (Lipinski definition) is 1. The maximum Gasteiger partial charge on any atom is 0.410 e. The normalized spacial score (nSPS) is 19.0. The van der Waals surface area contributed by atoms with E-state index in [0.717, 1.165) is 57.4 Å². The molecule has 0 unspecified atom stereocenters. The lowest BCUT2D eigenvalue weighted by molar-refractivity contribution is 0.0946. The Kier molecular flexibility index (Phi) is 6.66. The van der Waals surface area contributed by atoms with Crippen molar-refractivity contribution in [3.05, 3.63) is 17.7 Å². The van der Waals surface area contributed by atoms with Crippen LogP contribution in [0.15, 0.2) is 12.1 Å². The molecular weight excluding hydrogens is 346 g/mol. The van der Waals surface area contributed by atoms with E-state index in [0.29, 0.717) is 24.7 Å². The van der Waals surface area contributed by atoms with Crippen molar-refractivity contribution in [3.8, 4) is 5.75 Å². The Morgan fingerprint density at radius 2 is 1.96 bits per heavy atom. The number of carbonyl (C=O) groups is 1. The van der Waals surface area contributed by atoms with Gasteiger partial charge in [-0.2, -0.15) is 0 Å². The number of cyclic esters (lactones) is 1. The number of nitrogens with two attached hydrogens (primary N) is 1. The molecule has 2 aliphatic rings. The summed E-state index contributed by atoms with van der Waals surface area (Å²) < 4.78 is 16.0. The summed E-state index contributed by atoms with van der Waals surface area (Å²) in [5.41, 5.74) is 9.07. The Morgan fingerprint density at radius 3 is 2.67 bits per heavy atom. The molecule has 1 aromatic carbocycles. The van der Waals surface area contributed by atoms with Gasteiger partial charge in [0.05, 0.1) is 26.0 Å². The molecule has 0 aliphatic carbocycles. The van der Waals surface area contributed by atoms with E-state index in [2.05, 4.69) is 4.90 Å². The fourth-order valence-electron chi connectivity index (χ4n) is 3.98. The number of nitrogens with zero attached hydrogens (tertiary/aromatic N) is 2. The third-order valence-corrected chi connectivity index (χ3v) is 5.51. The molecule has 2 N–H and O–H groups in total. The SMILES string of the molecule is COCCc1cc(N)c(OC)cc1N1CCC(N2CCCCOC2=O)CC1. The fraction of sp³-hybridized carbons (Fsp3) is 0.650. The molecule has 0 atom stereocenters. The van der Waals surface area contributed by atoms with Crippen LogP contribution < -0.4 is 15.4 Å². The molecule has 2 aliphatic heterocycles. The first-order valence-corrected chi connectivity index (χ1v) is 9.77. The molecule has 2 saturated heterocycles. The minimum absolute atomic E-state index is 0.152. The van der Waals surface area contributed by atoms with E-state index in [1.165, 1.54) is 5.56 Å².